The molecule has 0 spiro atoms. The lowest BCUT2D eigenvalue weighted by atomic mass is 10.1. The van der Waals surface area contributed by atoms with Crippen LogP contribution in [0.2, 0.25) is 0 Å². The van der Waals surface area contributed by atoms with Crippen molar-refractivity contribution in [2.75, 3.05) is 11.1 Å². The molecule has 0 saturated carbocycles. The molecule has 0 aliphatic rings. The van der Waals surface area contributed by atoms with Gasteiger partial charge in [-0.1, -0.05) is 48.2 Å². The van der Waals surface area contributed by atoms with Crippen LogP contribution >= 0.6 is 23.1 Å². The lowest BCUT2D eigenvalue weighted by molar-refractivity contribution is -0.113. The standard InChI is InChI=1S/C24H23N5O2S2/c1-4-29-21(13-31-20-11-7-9-17-8-5-6-10-18(17)20)27-28-24(29)32-14-22(30)26-23-19(12-25)15(2)16(3)33-23/h5-11H,4,13-14H2,1-3H3,(H,26,30). The zero-order valence-electron chi connectivity index (χ0n) is 18.6. The average molecular weight is 478 g/mol. The van der Waals surface area contributed by atoms with Crippen molar-refractivity contribution < 1.29 is 9.53 Å². The van der Waals surface area contributed by atoms with Crippen LogP contribution in [-0.2, 0) is 17.9 Å². The monoisotopic (exact) mass is 477 g/mol. The van der Waals surface area contributed by atoms with E-state index in [4.69, 9.17) is 4.74 Å². The molecule has 7 nitrogen and oxygen atoms in total. The van der Waals surface area contributed by atoms with E-state index >= 15 is 0 Å². The fourth-order valence-electron chi connectivity index (χ4n) is 3.46. The van der Waals surface area contributed by atoms with Gasteiger partial charge in [0.25, 0.3) is 0 Å². The van der Waals surface area contributed by atoms with Crippen molar-refractivity contribution in [2.24, 2.45) is 0 Å². The van der Waals surface area contributed by atoms with Gasteiger partial charge >= 0.3 is 0 Å². The minimum Gasteiger partial charge on any atom is -0.485 e. The molecule has 0 radical (unpaired) electrons. The van der Waals surface area contributed by atoms with Crippen molar-refractivity contribution >= 4 is 44.8 Å². The summed E-state index contributed by atoms with van der Waals surface area (Å²) in [6, 6.07) is 16.2. The Hall–Kier alpha value is -3.35. The number of aromatic nitrogens is 3. The third-order valence-corrected chi connectivity index (χ3v) is 7.39. The van der Waals surface area contributed by atoms with Gasteiger partial charge in [-0.25, -0.2) is 0 Å². The number of anilines is 1. The van der Waals surface area contributed by atoms with E-state index in [9.17, 15) is 10.1 Å². The minimum atomic E-state index is -0.183. The quantitative estimate of drug-likeness (QED) is 0.346. The van der Waals surface area contributed by atoms with Crippen LogP contribution in [-0.4, -0.2) is 26.4 Å². The molecule has 0 fully saturated rings. The maximum Gasteiger partial charge on any atom is 0.235 e. The fraction of sp³-hybridized carbons (Fsp3) is 0.250. The van der Waals surface area contributed by atoms with Gasteiger partial charge in [-0.2, -0.15) is 5.26 Å². The lowest BCUT2D eigenvalue weighted by Crippen LogP contribution is -2.15. The van der Waals surface area contributed by atoms with E-state index in [0.717, 1.165) is 27.0 Å². The third kappa shape index (κ3) is 4.87. The maximum absolute atomic E-state index is 12.5. The van der Waals surface area contributed by atoms with Crippen LogP contribution < -0.4 is 10.1 Å². The van der Waals surface area contributed by atoms with E-state index < -0.39 is 0 Å². The number of hydrogen-bond acceptors (Lipinski definition) is 7. The molecule has 33 heavy (non-hydrogen) atoms. The van der Waals surface area contributed by atoms with Gasteiger partial charge in [-0.15, -0.1) is 21.5 Å². The molecular formula is C24H23N5O2S2. The van der Waals surface area contributed by atoms with Crippen molar-refractivity contribution in [1.82, 2.24) is 14.8 Å². The molecule has 2 aromatic carbocycles. The molecule has 4 rings (SSSR count). The van der Waals surface area contributed by atoms with Gasteiger partial charge in [0.05, 0.1) is 11.3 Å². The molecule has 4 aromatic rings. The summed E-state index contributed by atoms with van der Waals surface area (Å²) in [5, 5.41) is 24.2. The summed E-state index contributed by atoms with van der Waals surface area (Å²) < 4.78 is 8.01. The summed E-state index contributed by atoms with van der Waals surface area (Å²) in [6.07, 6.45) is 0. The van der Waals surface area contributed by atoms with Gasteiger partial charge in [0, 0.05) is 16.8 Å². The normalized spacial score (nSPS) is 10.8. The number of carbonyl (C=O) groups is 1. The SMILES string of the molecule is CCn1c(COc2cccc3ccccc23)nnc1SCC(=O)Nc1sc(C)c(C)c1C#N. The van der Waals surface area contributed by atoms with Gasteiger partial charge in [-0.3, -0.25) is 4.79 Å². The summed E-state index contributed by atoms with van der Waals surface area (Å²) in [7, 11) is 0. The highest BCUT2D eigenvalue weighted by atomic mass is 32.2. The largest absolute Gasteiger partial charge is 0.485 e. The molecule has 1 N–H and O–H groups in total. The Kier molecular flexibility index (Phi) is 6.96. The number of nitrogens with zero attached hydrogens (tertiary/aromatic N) is 4. The molecule has 2 heterocycles. The number of benzene rings is 2. The maximum atomic E-state index is 12.5. The van der Waals surface area contributed by atoms with Crippen molar-refractivity contribution in [3.05, 3.63) is 64.3 Å². The van der Waals surface area contributed by atoms with Crippen LogP contribution in [0.1, 0.15) is 28.8 Å². The highest BCUT2D eigenvalue weighted by molar-refractivity contribution is 7.99. The average Bonchev–Trinajstić information content (AvgIpc) is 3.35. The molecule has 0 bridgehead atoms. The number of hydrogen-bond donors (Lipinski definition) is 1. The first-order chi connectivity index (χ1) is 16.0. The number of nitrogens with one attached hydrogen (secondary N) is 1. The van der Waals surface area contributed by atoms with Crippen LogP contribution in [0, 0.1) is 25.2 Å². The molecule has 0 atom stereocenters. The number of thioether (sulfide) groups is 1. The predicted molar refractivity (Wildman–Crippen MR) is 132 cm³/mol. The van der Waals surface area contributed by atoms with Gasteiger partial charge in [-0.05, 0) is 37.8 Å². The number of aryl methyl sites for hydroxylation is 1. The highest BCUT2D eigenvalue weighted by Gasteiger charge is 2.17. The first kappa shape index (κ1) is 22.8. The number of rotatable bonds is 8. The molecule has 9 heteroatoms. The van der Waals surface area contributed by atoms with Gasteiger partial charge < -0.3 is 14.6 Å². The number of thiophene rings is 1. The first-order valence-corrected chi connectivity index (χ1v) is 12.3. The van der Waals surface area contributed by atoms with Crippen LogP contribution in [0.3, 0.4) is 0 Å². The van der Waals surface area contributed by atoms with E-state index in [1.807, 2.05) is 55.7 Å². The smallest absolute Gasteiger partial charge is 0.235 e. The molecule has 168 valence electrons. The van der Waals surface area contributed by atoms with Crippen LogP contribution in [0.5, 0.6) is 5.75 Å². The van der Waals surface area contributed by atoms with E-state index in [2.05, 4.69) is 33.7 Å². The minimum absolute atomic E-state index is 0.170. The van der Waals surface area contributed by atoms with E-state index in [0.29, 0.717) is 28.1 Å². The fourth-order valence-corrected chi connectivity index (χ4v) is 5.30. The molecule has 0 saturated heterocycles. The van der Waals surface area contributed by atoms with Crippen LogP contribution in [0.25, 0.3) is 10.8 Å². The molecule has 0 unspecified atom stereocenters. The topological polar surface area (TPSA) is 92.8 Å². The second kappa shape index (κ2) is 10.1. The summed E-state index contributed by atoms with van der Waals surface area (Å²) in [5.74, 6) is 1.48. The Morgan fingerprint density at radius 2 is 2.00 bits per heavy atom. The van der Waals surface area contributed by atoms with Crippen molar-refractivity contribution in [3.8, 4) is 11.8 Å². The summed E-state index contributed by atoms with van der Waals surface area (Å²) in [6.45, 7) is 6.77. The Morgan fingerprint density at radius 1 is 1.21 bits per heavy atom. The van der Waals surface area contributed by atoms with Crippen molar-refractivity contribution in [3.63, 3.8) is 0 Å². The van der Waals surface area contributed by atoms with E-state index in [-0.39, 0.29) is 18.3 Å². The second-order valence-electron chi connectivity index (χ2n) is 7.35. The molecule has 0 aliphatic heterocycles. The zero-order valence-corrected chi connectivity index (χ0v) is 20.2. The number of nitriles is 1. The first-order valence-electron chi connectivity index (χ1n) is 10.5. The van der Waals surface area contributed by atoms with Gasteiger partial charge in [0.1, 0.15) is 23.4 Å². The zero-order chi connectivity index (χ0) is 23.4. The number of amides is 1. The van der Waals surface area contributed by atoms with E-state index in [1.165, 1.54) is 23.1 Å². The third-order valence-electron chi connectivity index (χ3n) is 5.30. The number of ether oxygens (including phenoxy) is 1. The molecule has 0 aliphatic carbocycles. The molecule has 1 amide bonds. The summed E-state index contributed by atoms with van der Waals surface area (Å²) in [4.78, 5) is 13.5. The highest BCUT2D eigenvalue weighted by Crippen LogP contribution is 2.32. The Bertz CT molecular complexity index is 1350. The summed E-state index contributed by atoms with van der Waals surface area (Å²) >= 11 is 2.73. The molecular weight excluding hydrogens is 454 g/mol. The van der Waals surface area contributed by atoms with Gasteiger partial charge in [0.2, 0.25) is 5.91 Å². The predicted octanol–water partition coefficient (Wildman–Crippen LogP) is 5.31. The Labute approximate surface area is 200 Å². The summed E-state index contributed by atoms with van der Waals surface area (Å²) in [5.41, 5.74) is 1.44. The van der Waals surface area contributed by atoms with E-state index in [1.54, 1.807) is 0 Å². The number of fused-ring (bicyclic) bond motifs is 1. The number of carbonyl (C=O) groups excluding carboxylic acids is 1. The Morgan fingerprint density at radius 3 is 2.79 bits per heavy atom. The van der Waals surface area contributed by atoms with Crippen LogP contribution in [0.4, 0.5) is 5.00 Å². The Balaban J connectivity index is 1.41. The van der Waals surface area contributed by atoms with Crippen molar-refractivity contribution in [1.29, 1.82) is 5.26 Å². The van der Waals surface area contributed by atoms with Crippen molar-refractivity contribution in [2.45, 2.75) is 39.1 Å². The van der Waals surface area contributed by atoms with Crippen LogP contribution in [0.15, 0.2) is 47.6 Å². The second-order valence-corrected chi connectivity index (χ2v) is 9.51. The van der Waals surface area contributed by atoms with Gasteiger partial charge in [0.15, 0.2) is 11.0 Å². The lowest BCUT2D eigenvalue weighted by Gasteiger charge is -2.10. The molecule has 2 aromatic heterocycles.